The van der Waals surface area contributed by atoms with Crippen molar-refractivity contribution in [2.45, 2.75) is 20.1 Å². The maximum absolute atomic E-state index is 11.5. The molecule has 112 valence electrons. The second kappa shape index (κ2) is 7.89. The number of esters is 2. The monoisotopic (exact) mass is 290 g/mol. The molecule has 0 amide bonds. The number of ether oxygens (including phenoxy) is 3. The Hall–Kier alpha value is -2.56. The quantitative estimate of drug-likeness (QED) is 0.439. The molecular formula is C16H18O5. The highest BCUT2D eigenvalue weighted by Gasteiger charge is 2.20. The molecule has 0 spiro atoms. The van der Waals surface area contributed by atoms with Crippen LogP contribution in [0.15, 0.2) is 54.6 Å². The maximum atomic E-state index is 11.5. The Morgan fingerprint density at radius 3 is 1.90 bits per heavy atom. The highest BCUT2D eigenvalue weighted by molar-refractivity contribution is 5.88. The van der Waals surface area contributed by atoms with Crippen LogP contribution in [0.1, 0.15) is 13.8 Å². The summed E-state index contributed by atoms with van der Waals surface area (Å²) in [5, 5.41) is 0. The van der Waals surface area contributed by atoms with Crippen LogP contribution >= 0.6 is 0 Å². The second-order valence-electron chi connectivity index (χ2n) is 4.42. The first-order valence-corrected chi connectivity index (χ1v) is 6.31. The van der Waals surface area contributed by atoms with Gasteiger partial charge in [0.2, 0.25) is 0 Å². The van der Waals surface area contributed by atoms with Gasteiger partial charge in [-0.2, -0.15) is 0 Å². The van der Waals surface area contributed by atoms with Gasteiger partial charge in [-0.1, -0.05) is 31.4 Å². The summed E-state index contributed by atoms with van der Waals surface area (Å²) >= 11 is 0. The Morgan fingerprint density at radius 1 is 1.00 bits per heavy atom. The van der Waals surface area contributed by atoms with Crippen LogP contribution in [0, 0.1) is 0 Å². The molecule has 0 aliphatic rings. The van der Waals surface area contributed by atoms with Crippen molar-refractivity contribution in [3.63, 3.8) is 0 Å². The third kappa shape index (κ3) is 5.95. The van der Waals surface area contributed by atoms with Crippen LogP contribution in [0.4, 0.5) is 0 Å². The van der Waals surface area contributed by atoms with E-state index in [1.54, 1.807) is 24.3 Å². The van der Waals surface area contributed by atoms with Crippen molar-refractivity contribution >= 4 is 11.9 Å². The van der Waals surface area contributed by atoms with E-state index in [0.29, 0.717) is 5.75 Å². The zero-order valence-corrected chi connectivity index (χ0v) is 12.1. The lowest BCUT2D eigenvalue weighted by atomic mass is 10.3. The third-order valence-corrected chi connectivity index (χ3v) is 2.30. The van der Waals surface area contributed by atoms with Crippen molar-refractivity contribution in [3.8, 4) is 5.75 Å². The number of carbonyl (C=O) groups is 2. The molecule has 0 aliphatic heterocycles. The normalized spacial score (nSPS) is 9.86. The van der Waals surface area contributed by atoms with Crippen LogP contribution in [0.2, 0.25) is 0 Å². The summed E-state index contributed by atoms with van der Waals surface area (Å²) in [6, 6.07) is 8.90. The summed E-state index contributed by atoms with van der Waals surface area (Å²) in [4.78, 5) is 23.0. The smallest absolute Gasteiger partial charge is 0.336 e. The maximum Gasteiger partial charge on any atom is 0.336 e. The fraction of sp³-hybridized carbons (Fsp3) is 0.250. The average molecular weight is 290 g/mol. The van der Waals surface area contributed by atoms with Crippen LogP contribution in [-0.2, 0) is 19.1 Å². The van der Waals surface area contributed by atoms with Crippen LogP contribution in [0.3, 0.4) is 0 Å². The summed E-state index contributed by atoms with van der Waals surface area (Å²) in [5.74, 6) is -0.752. The van der Waals surface area contributed by atoms with Crippen LogP contribution < -0.4 is 4.74 Å². The summed E-state index contributed by atoms with van der Waals surface area (Å²) < 4.78 is 15.4. The fourth-order valence-corrected chi connectivity index (χ4v) is 1.21. The number of rotatable bonds is 7. The minimum Gasteiger partial charge on any atom is -0.486 e. The van der Waals surface area contributed by atoms with E-state index in [1.165, 1.54) is 13.8 Å². The van der Waals surface area contributed by atoms with Gasteiger partial charge in [0.05, 0.1) is 0 Å². The van der Waals surface area contributed by atoms with Gasteiger partial charge in [0.15, 0.2) is 6.61 Å². The molecule has 1 aromatic carbocycles. The third-order valence-electron chi connectivity index (χ3n) is 2.30. The van der Waals surface area contributed by atoms with E-state index in [4.69, 9.17) is 14.2 Å². The molecule has 0 fully saturated rings. The van der Waals surface area contributed by atoms with E-state index in [2.05, 4.69) is 13.2 Å². The predicted molar refractivity (Wildman–Crippen MR) is 77.5 cm³/mol. The van der Waals surface area contributed by atoms with Gasteiger partial charge in [0.25, 0.3) is 6.29 Å². The summed E-state index contributed by atoms with van der Waals surface area (Å²) in [6.45, 7) is 9.81. The standard InChI is InChI=1S/C16H18O5/c1-11(2)15(17)20-14(21-16(18)12(3)4)10-19-13-8-6-5-7-9-13/h5-9,14H,1,3,10H2,2,4H3. The lowest BCUT2D eigenvalue weighted by molar-refractivity contribution is -0.187. The van der Waals surface area contributed by atoms with Crippen LogP contribution in [-0.4, -0.2) is 24.8 Å². The molecular weight excluding hydrogens is 272 g/mol. The van der Waals surface area contributed by atoms with Crippen molar-refractivity contribution in [2.24, 2.45) is 0 Å². The van der Waals surface area contributed by atoms with Crippen molar-refractivity contribution in [1.29, 1.82) is 0 Å². The Morgan fingerprint density at radius 2 is 1.48 bits per heavy atom. The Labute approximate surface area is 123 Å². The zero-order valence-electron chi connectivity index (χ0n) is 12.1. The molecule has 0 bridgehead atoms. The topological polar surface area (TPSA) is 61.8 Å². The molecule has 0 atom stereocenters. The molecule has 1 aromatic rings. The number of para-hydroxylation sites is 1. The predicted octanol–water partition coefficient (Wildman–Crippen LogP) is 2.63. The van der Waals surface area contributed by atoms with Gasteiger partial charge in [-0.3, -0.25) is 0 Å². The van der Waals surface area contributed by atoms with Crippen LogP contribution in [0.25, 0.3) is 0 Å². The van der Waals surface area contributed by atoms with E-state index < -0.39 is 18.2 Å². The molecule has 0 saturated heterocycles. The van der Waals surface area contributed by atoms with Gasteiger partial charge >= 0.3 is 11.9 Å². The molecule has 1 rings (SSSR count). The minimum absolute atomic E-state index is 0.123. The first-order chi connectivity index (χ1) is 9.90. The van der Waals surface area contributed by atoms with E-state index >= 15 is 0 Å². The molecule has 21 heavy (non-hydrogen) atoms. The molecule has 0 saturated carbocycles. The molecule has 0 aromatic heterocycles. The van der Waals surface area contributed by atoms with Gasteiger partial charge in [-0.25, -0.2) is 9.59 Å². The number of carbonyl (C=O) groups excluding carboxylic acids is 2. The van der Waals surface area contributed by atoms with E-state index in [0.717, 1.165) is 0 Å². The van der Waals surface area contributed by atoms with Crippen molar-refractivity contribution in [1.82, 2.24) is 0 Å². The highest BCUT2D eigenvalue weighted by atomic mass is 16.7. The van der Waals surface area contributed by atoms with Gasteiger partial charge in [0, 0.05) is 11.1 Å². The lowest BCUT2D eigenvalue weighted by Crippen LogP contribution is -2.30. The summed E-state index contributed by atoms with van der Waals surface area (Å²) in [5.41, 5.74) is 0.400. The number of benzene rings is 1. The molecule has 5 heteroatoms. The number of hydrogen-bond acceptors (Lipinski definition) is 5. The minimum atomic E-state index is -1.17. The van der Waals surface area contributed by atoms with E-state index in [-0.39, 0.29) is 17.8 Å². The Bertz CT molecular complexity index is 505. The molecule has 0 unspecified atom stereocenters. The average Bonchev–Trinajstić information content (AvgIpc) is 2.45. The van der Waals surface area contributed by atoms with E-state index in [1.807, 2.05) is 6.07 Å². The van der Waals surface area contributed by atoms with E-state index in [9.17, 15) is 9.59 Å². The zero-order chi connectivity index (χ0) is 15.8. The Kier molecular flexibility index (Phi) is 6.20. The largest absolute Gasteiger partial charge is 0.486 e. The molecule has 5 nitrogen and oxygen atoms in total. The molecule has 0 aliphatic carbocycles. The Balaban J connectivity index is 2.66. The van der Waals surface area contributed by atoms with Gasteiger partial charge in [-0.05, 0) is 26.0 Å². The molecule has 0 radical (unpaired) electrons. The van der Waals surface area contributed by atoms with Gasteiger partial charge in [0.1, 0.15) is 5.75 Å². The van der Waals surface area contributed by atoms with Crippen molar-refractivity contribution in [3.05, 3.63) is 54.6 Å². The summed E-state index contributed by atoms with van der Waals surface area (Å²) in [6.07, 6.45) is -1.17. The van der Waals surface area contributed by atoms with Crippen LogP contribution in [0.5, 0.6) is 5.75 Å². The van der Waals surface area contributed by atoms with Crippen molar-refractivity contribution < 1.29 is 23.8 Å². The highest BCUT2D eigenvalue weighted by Crippen LogP contribution is 2.11. The number of hydrogen-bond donors (Lipinski definition) is 0. The van der Waals surface area contributed by atoms with Gasteiger partial charge < -0.3 is 14.2 Å². The first kappa shape index (κ1) is 16.5. The molecule has 0 N–H and O–H groups in total. The van der Waals surface area contributed by atoms with Gasteiger partial charge in [-0.15, -0.1) is 0 Å². The SMILES string of the molecule is C=C(C)C(=O)OC(COc1ccccc1)OC(=O)C(=C)C. The lowest BCUT2D eigenvalue weighted by Gasteiger charge is -2.18. The van der Waals surface area contributed by atoms with Crippen molar-refractivity contribution in [2.75, 3.05) is 6.61 Å². The first-order valence-electron chi connectivity index (χ1n) is 6.31. The molecule has 0 heterocycles. The fourth-order valence-electron chi connectivity index (χ4n) is 1.21. The second-order valence-corrected chi connectivity index (χ2v) is 4.42. The summed E-state index contributed by atoms with van der Waals surface area (Å²) in [7, 11) is 0.